The molecule has 1 aliphatic heterocycles. The van der Waals surface area contributed by atoms with Crippen LogP contribution in [0.15, 0.2) is 65.9 Å². The fourth-order valence-electron chi connectivity index (χ4n) is 4.69. The first-order valence-electron chi connectivity index (χ1n) is 13.6. The lowest BCUT2D eigenvalue weighted by atomic mass is 9.78. The molecule has 0 N–H and O–H groups in total. The number of esters is 1. The lowest BCUT2D eigenvalue weighted by molar-refractivity contribution is 0.0600. The van der Waals surface area contributed by atoms with E-state index >= 15 is 0 Å². The molecule has 0 radical (unpaired) electrons. The number of hydrogen-bond donors (Lipinski definition) is 0. The largest absolute Gasteiger partial charge is 0.465 e. The van der Waals surface area contributed by atoms with E-state index in [0.29, 0.717) is 17.7 Å². The standard InChI is InChI=1S/C33H40N4O3/c1-32(2,3)24-16-23(17-25(18-24)33(4,5)6)29-19-28(21-10-12-22(13-11-21)31(39)40-9)35-37(29)26-14-15-27(34-20-26)30(38)36(7)8/h10-18,20,29H,19H2,1-9H3. The van der Waals surface area contributed by atoms with Crippen molar-refractivity contribution in [3.63, 3.8) is 0 Å². The van der Waals surface area contributed by atoms with Crippen molar-refractivity contribution in [3.05, 3.63) is 94.3 Å². The summed E-state index contributed by atoms with van der Waals surface area (Å²) in [5, 5.41) is 7.08. The van der Waals surface area contributed by atoms with Gasteiger partial charge in [0.25, 0.3) is 5.91 Å². The number of benzene rings is 2. The van der Waals surface area contributed by atoms with E-state index in [9.17, 15) is 9.59 Å². The van der Waals surface area contributed by atoms with E-state index in [1.165, 1.54) is 28.7 Å². The molecule has 3 aromatic rings. The van der Waals surface area contributed by atoms with E-state index in [1.807, 2.05) is 23.2 Å². The van der Waals surface area contributed by atoms with Crippen LogP contribution in [0.4, 0.5) is 5.69 Å². The molecule has 0 saturated carbocycles. The fraction of sp³-hybridized carbons (Fsp3) is 0.394. The molecule has 2 aromatic carbocycles. The first kappa shape index (κ1) is 29.0. The number of amides is 1. The molecule has 1 aromatic heterocycles. The van der Waals surface area contributed by atoms with Gasteiger partial charge in [-0.3, -0.25) is 9.80 Å². The first-order chi connectivity index (χ1) is 18.7. The SMILES string of the molecule is COC(=O)c1ccc(C2=NN(c3ccc(C(=O)N(C)C)nc3)C(c3cc(C(C)(C)C)cc(C(C)(C)C)c3)C2)cc1. The van der Waals surface area contributed by atoms with Crippen molar-refractivity contribution < 1.29 is 14.3 Å². The number of nitrogens with zero attached hydrogens (tertiary/aromatic N) is 4. The van der Waals surface area contributed by atoms with E-state index in [-0.39, 0.29) is 28.7 Å². The summed E-state index contributed by atoms with van der Waals surface area (Å²) in [5.41, 5.74) is 7.21. The molecule has 0 aliphatic carbocycles. The van der Waals surface area contributed by atoms with Gasteiger partial charge in [-0.05, 0) is 57.3 Å². The van der Waals surface area contributed by atoms with Crippen molar-refractivity contribution >= 4 is 23.3 Å². The minimum atomic E-state index is -0.369. The van der Waals surface area contributed by atoms with Crippen LogP contribution in [0.1, 0.15) is 97.1 Å². The topological polar surface area (TPSA) is 75.1 Å². The van der Waals surface area contributed by atoms with Gasteiger partial charge in [0.1, 0.15) is 5.69 Å². The Balaban J connectivity index is 1.81. The maximum Gasteiger partial charge on any atom is 0.337 e. The third-order valence-corrected chi connectivity index (χ3v) is 7.26. The number of hydrazone groups is 1. The normalized spacial score (nSPS) is 15.6. The van der Waals surface area contributed by atoms with E-state index in [0.717, 1.165) is 17.0 Å². The predicted octanol–water partition coefficient (Wildman–Crippen LogP) is 6.52. The Morgan fingerprint density at radius 3 is 1.98 bits per heavy atom. The number of anilines is 1. The molecule has 0 spiro atoms. The van der Waals surface area contributed by atoms with Gasteiger partial charge in [-0.2, -0.15) is 5.10 Å². The summed E-state index contributed by atoms with van der Waals surface area (Å²) >= 11 is 0. The van der Waals surface area contributed by atoms with Crippen molar-refractivity contribution in [2.75, 3.05) is 26.2 Å². The summed E-state index contributed by atoms with van der Waals surface area (Å²) < 4.78 is 4.86. The third-order valence-electron chi connectivity index (χ3n) is 7.26. The highest BCUT2D eigenvalue weighted by molar-refractivity contribution is 6.04. The number of rotatable bonds is 5. The molecule has 1 atom stereocenters. The quantitative estimate of drug-likeness (QED) is 0.345. The predicted molar refractivity (Wildman–Crippen MR) is 160 cm³/mol. The molecule has 2 heterocycles. The molecule has 0 bridgehead atoms. The van der Waals surface area contributed by atoms with Gasteiger partial charge < -0.3 is 9.64 Å². The van der Waals surface area contributed by atoms with Crippen LogP contribution >= 0.6 is 0 Å². The lowest BCUT2D eigenvalue weighted by Crippen LogP contribution is -2.24. The summed E-state index contributed by atoms with van der Waals surface area (Å²) in [5.74, 6) is -0.515. The number of ether oxygens (including phenoxy) is 1. The van der Waals surface area contributed by atoms with Gasteiger partial charge in [0.2, 0.25) is 0 Å². The van der Waals surface area contributed by atoms with E-state index in [1.54, 1.807) is 38.5 Å². The van der Waals surface area contributed by atoms with E-state index in [4.69, 9.17) is 9.84 Å². The number of carbonyl (C=O) groups excluding carboxylic acids is 2. The van der Waals surface area contributed by atoms with Gasteiger partial charge >= 0.3 is 5.97 Å². The molecule has 40 heavy (non-hydrogen) atoms. The van der Waals surface area contributed by atoms with Crippen LogP contribution in [0.25, 0.3) is 0 Å². The first-order valence-corrected chi connectivity index (χ1v) is 13.6. The number of hydrogen-bond acceptors (Lipinski definition) is 6. The molecule has 4 rings (SSSR count). The summed E-state index contributed by atoms with van der Waals surface area (Å²) in [7, 11) is 4.81. The Morgan fingerprint density at radius 2 is 1.50 bits per heavy atom. The van der Waals surface area contributed by atoms with Gasteiger partial charge in [-0.25, -0.2) is 9.78 Å². The molecule has 1 unspecified atom stereocenters. The van der Waals surface area contributed by atoms with Crippen molar-refractivity contribution in [1.29, 1.82) is 0 Å². The van der Waals surface area contributed by atoms with Crippen molar-refractivity contribution in [1.82, 2.24) is 9.88 Å². The lowest BCUT2D eigenvalue weighted by Gasteiger charge is -2.30. The number of carbonyl (C=O) groups is 2. The highest BCUT2D eigenvalue weighted by Gasteiger charge is 2.32. The summed E-state index contributed by atoms with van der Waals surface area (Å²) in [6.45, 7) is 13.4. The Labute approximate surface area is 237 Å². The Bertz CT molecular complexity index is 1390. The Hall–Kier alpha value is -4.00. The Morgan fingerprint density at radius 1 is 0.900 bits per heavy atom. The van der Waals surface area contributed by atoms with Crippen molar-refractivity contribution in [2.24, 2.45) is 5.10 Å². The van der Waals surface area contributed by atoms with Crippen LogP contribution in [0.5, 0.6) is 0 Å². The third kappa shape index (κ3) is 6.09. The Kier molecular flexibility index (Phi) is 7.88. The monoisotopic (exact) mass is 540 g/mol. The van der Waals surface area contributed by atoms with Crippen LogP contribution in [0, 0.1) is 0 Å². The highest BCUT2D eigenvalue weighted by atomic mass is 16.5. The molecule has 1 amide bonds. The van der Waals surface area contributed by atoms with Gasteiger partial charge in [0.15, 0.2) is 0 Å². The van der Waals surface area contributed by atoms with Crippen LogP contribution in [0.3, 0.4) is 0 Å². The number of aromatic nitrogens is 1. The summed E-state index contributed by atoms with van der Waals surface area (Å²) in [6, 6.07) is 17.8. The molecule has 0 fully saturated rings. The van der Waals surface area contributed by atoms with Gasteiger partial charge in [-0.1, -0.05) is 71.9 Å². The second-order valence-electron chi connectivity index (χ2n) is 12.6. The van der Waals surface area contributed by atoms with Crippen LogP contribution in [-0.2, 0) is 15.6 Å². The van der Waals surface area contributed by atoms with Crippen LogP contribution < -0.4 is 5.01 Å². The summed E-state index contributed by atoms with van der Waals surface area (Å²) in [6.07, 6.45) is 2.39. The van der Waals surface area contributed by atoms with Gasteiger partial charge in [0, 0.05) is 20.5 Å². The smallest absolute Gasteiger partial charge is 0.337 e. The molecule has 210 valence electrons. The summed E-state index contributed by atoms with van der Waals surface area (Å²) in [4.78, 5) is 30.4. The average molecular weight is 541 g/mol. The van der Waals surface area contributed by atoms with Crippen molar-refractivity contribution in [3.8, 4) is 0 Å². The second kappa shape index (κ2) is 10.9. The molecular weight excluding hydrogens is 500 g/mol. The molecule has 0 saturated heterocycles. The van der Waals surface area contributed by atoms with Crippen LogP contribution in [0.2, 0.25) is 0 Å². The maximum absolute atomic E-state index is 12.4. The van der Waals surface area contributed by atoms with Gasteiger partial charge in [0.05, 0.1) is 36.3 Å². The minimum Gasteiger partial charge on any atom is -0.465 e. The molecule has 7 heteroatoms. The maximum atomic E-state index is 12.4. The second-order valence-corrected chi connectivity index (χ2v) is 12.6. The van der Waals surface area contributed by atoms with Gasteiger partial charge in [-0.15, -0.1) is 0 Å². The molecule has 7 nitrogen and oxygen atoms in total. The average Bonchev–Trinajstić information content (AvgIpc) is 3.36. The molecule has 1 aliphatic rings. The number of pyridine rings is 1. The van der Waals surface area contributed by atoms with Crippen molar-refractivity contribution in [2.45, 2.75) is 64.8 Å². The zero-order valence-electron chi connectivity index (χ0n) is 25.1. The fourth-order valence-corrected chi connectivity index (χ4v) is 4.69. The number of methoxy groups -OCH3 is 1. The molecular formula is C33H40N4O3. The zero-order chi connectivity index (χ0) is 29.4. The zero-order valence-corrected chi connectivity index (χ0v) is 25.1. The minimum absolute atomic E-state index is 0.0252. The van der Waals surface area contributed by atoms with E-state index in [2.05, 4.69) is 64.7 Å². The van der Waals surface area contributed by atoms with E-state index < -0.39 is 0 Å². The van der Waals surface area contributed by atoms with Crippen LogP contribution in [-0.4, -0.2) is 48.7 Å². The highest BCUT2D eigenvalue weighted by Crippen LogP contribution is 2.40.